The van der Waals surface area contributed by atoms with Crippen LogP contribution in [0.25, 0.3) is 78.4 Å². The van der Waals surface area contributed by atoms with Crippen molar-refractivity contribution in [2.45, 2.75) is 0 Å². The van der Waals surface area contributed by atoms with Crippen molar-refractivity contribution >= 4 is 21.9 Å². The third kappa shape index (κ3) is 4.65. The molecular weight excluding hydrogens is 526 g/mol. The van der Waals surface area contributed by atoms with Crippen LogP contribution in [0.15, 0.2) is 156 Å². The number of para-hydroxylation sites is 1. The van der Waals surface area contributed by atoms with Crippen LogP contribution in [0, 0.1) is 0 Å². The lowest BCUT2D eigenvalue weighted by atomic mass is 9.98. The summed E-state index contributed by atoms with van der Waals surface area (Å²) in [7, 11) is 0. The Kier molecular flexibility index (Phi) is 6.08. The lowest BCUT2D eigenvalue weighted by molar-refractivity contribution is 0.670. The minimum absolute atomic E-state index is 0.622. The smallest absolute Gasteiger partial charge is 0.164 e. The minimum atomic E-state index is 0.622. The standard InChI is InChI=1S/C39H25N3O/c1-4-11-26(12-5-1)27-19-21-28(22-20-27)32-17-10-18-33-34-25-31(23-24-35(34)43-36(32)33)39-41-37(29-13-6-2-7-14-29)40-38(42-39)30-15-8-3-9-16-30/h1-25H. The largest absolute Gasteiger partial charge is 0.455 e. The first-order valence-electron chi connectivity index (χ1n) is 14.3. The molecule has 0 aliphatic heterocycles. The van der Waals surface area contributed by atoms with Gasteiger partial charge >= 0.3 is 0 Å². The maximum atomic E-state index is 6.48. The molecule has 0 aliphatic carbocycles. The second-order valence-corrected chi connectivity index (χ2v) is 10.5. The van der Waals surface area contributed by atoms with Gasteiger partial charge in [-0.05, 0) is 34.9 Å². The molecule has 2 aromatic heterocycles. The van der Waals surface area contributed by atoms with Gasteiger partial charge in [0.15, 0.2) is 17.5 Å². The van der Waals surface area contributed by atoms with Crippen LogP contribution in [-0.2, 0) is 0 Å². The van der Waals surface area contributed by atoms with Crippen LogP contribution in [0.4, 0.5) is 0 Å². The Bertz CT molecular complexity index is 2150. The van der Waals surface area contributed by atoms with Crippen LogP contribution >= 0.6 is 0 Å². The van der Waals surface area contributed by atoms with E-state index in [2.05, 4.69) is 72.8 Å². The Hall–Kier alpha value is -5.87. The number of nitrogens with zero attached hydrogens (tertiary/aromatic N) is 3. The first kappa shape index (κ1) is 24.9. The number of rotatable bonds is 5. The number of benzene rings is 6. The fourth-order valence-electron chi connectivity index (χ4n) is 5.58. The van der Waals surface area contributed by atoms with Gasteiger partial charge in [-0.1, -0.05) is 133 Å². The van der Waals surface area contributed by atoms with E-state index in [9.17, 15) is 0 Å². The van der Waals surface area contributed by atoms with Crippen molar-refractivity contribution in [1.29, 1.82) is 0 Å². The van der Waals surface area contributed by atoms with E-state index in [0.29, 0.717) is 17.5 Å². The number of aromatic nitrogens is 3. The van der Waals surface area contributed by atoms with Crippen molar-refractivity contribution < 1.29 is 4.42 Å². The molecule has 0 saturated heterocycles. The topological polar surface area (TPSA) is 51.8 Å². The van der Waals surface area contributed by atoms with Gasteiger partial charge in [0.2, 0.25) is 0 Å². The molecule has 0 fully saturated rings. The van der Waals surface area contributed by atoms with Crippen molar-refractivity contribution in [2.24, 2.45) is 0 Å². The summed E-state index contributed by atoms with van der Waals surface area (Å²) in [4.78, 5) is 14.7. The van der Waals surface area contributed by atoms with E-state index in [-0.39, 0.29) is 0 Å². The van der Waals surface area contributed by atoms with Crippen LogP contribution in [0.5, 0.6) is 0 Å². The predicted octanol–water partition coefficient (Wildman–Crippen LogP) is 10.1. The van der Waals surface area contributed by atoms with E-state index in [1.165, 1.54) is 11.1 Å². The van der Waals surface area contributed by atoms with E-state index >= 15 is 0 Å². The van der Waals surface area contributed by atoms with Crippen LogP contribution in [0.3, 0.4) is 0 Å². The van der Waals surface area contributed by atoms with E-state index < -0.39 is 0 Å². The summed E-state index contributed by atoms with van der Waals surface area (Å²) in [6, 6.07) is 51.6. The summed E-state index contributed by atoms with van der Waals surface area (Å²) in [6.45, 7) is 0. The maximum Gasteiger partial charge on any atom is 0.164 e. The lowest BCUT2D eigenvalue weighted by Crippen LogP contribution is -2.00. The molecule has 0 radical (unpaired) electrons. The minimum Gasteiger partial charge on any atom is -0.455 e. The third-order valence-corrected chi connectivity index (χ3v) is 7.76. The highest BCUT2D eigenvalue weighted by atomic mass is 16.3. The summed E-state index contributed by atoms with van der Waals surface area (Å²) in [5.41, 5.74) is 9.06. The highest BCUT2D eigenvalue weighted by Crippen LogP contribution is 2.38. The van der Waals surface area contributed by atoms with E-state index in [4.69, 9.17) is 19.4 Å². The molecule has 8 rings (SSSR count). The molecule has 8 aromatic rings. The predicted molar refractivity (Wildman–Crippen MR) is 174 cm³/mol. The molecule has 0 saturated carbocycles. The molecule has 0 bridgehead atoms. The maximum absolute atomic E-state index is 6.48. The Morgan fingerprint density at radius 2 is 0.837 bits per heavy atom. The van der Waals surface area contributed by atoms with Crippen LogP contribution < -0.4 is 0 Å². The van der Waals surface area contributed by atoms with Gasteiger partial charge in [0, 0.05) is 33.0 Å². The van der Waals surface area contributed by atoms with Gasteiger partial charge in [0.25, 0.3) is 0 Å². The molecule has 2 heterocycles. The first-order chi connectivity index (χ1) is 21.3. The molecule has 0 N–H and O–H groups in total. The lowest BCUT2D eigenvalue weighted by Gasteiger charge is -2.08. The molecule has 0 atom stereocenters. The number of hydrogen-bond acceptors (Lipinski definition) is 4. The molecule has 43 heavy (non-hydrogen) atoms. The highest BCUT2D eigenvalue weighted by Gasteiger charge is 2.16. The van der Waals surface area contributed by atoms with Crippen molar-refractivity contribution in [2.75, 3.05) is 0 Å². The van der Waals surface area contributed by atoms with Gasteiger partial charge in [-0.25, -0.2) is 15.0 Å². The SMILES string of the molecule is c1ccc(-c2ccc(-c3cccc4c3oc3ccc(-c5nc(-c6ccccc6)nc(-c6ccccc6)n5)cc34)cc2)cc1. The second-order valence-electron chi connectivity index (χ2n) is 10.5. The van der Waals surface area contributed by atoms with Gasteiger partial charge < -0.3 is 4.42 Å². The zero-order chi connectivity index (χ0) is 28.6. The Balaban J connectivity index is 1.24. The van der Waals surface area contributed by atoms with Crippen molar-refractivity contribution in [3.63, 3.8) is 0 Å². The average Bonchev–Trinajstić information content (AvgIpc) is 3.48. The highest BCUT2D eigenvalue weighted by molar-refractivity contribution is 6.10. The van der Waals surface area contributed by atoms with Crippen molar-refractivity contribution in [1.82, 2.24) is 15.0 Å². The second kappa shape index (κ2) is 10.5. The molecule has 6 aromatic carbocycles. The summed E-state index contributed by atoms with van der Waals surface area (Å²) in [6.07, 6.45) is 0. The molecule has 4 heteroatoms. The van der Waals surface area contributed by atoms with E-state index in [1.54, 1.807) is 0 Å². The van der Waals surface area contributed by atoms with Crippen LogP contribution in [0.2, 0.25) is 0 Å². The van der Waals surface area contributed by atoms with Gasteiger partial charge in [0.05, 0.1) is 0 Å². The van der Waals surface area contributed by atoms with E-state index in [0.717, 1.165) is 49.8 Å². The molecule has 202 valence electrons. The van der Waals surface area contributed by atoms with Crippen molar-refractivity contribution in [3.05, 3.63) is 152 Å². The van der Waals surface area contributed by atoms with Gasteiger partial charge in [-0.3, -0.25) is 0 Å². The first-order valence-corrected chi connectivity index (χ1v) is 14.3. The average molecular weight is 552 g/mol. The van der Waals surface area contributed by atoms with Crippen molar-refractivity contribution in [3.8, 4) is 56.4 Å². The Labute approximate surface area is 249 Å². The Morgan fingerprint density at radius 3 is 1.44 bits per heavy atom. The van der Waals surface area contributed by atoms with Crippen LogP contribution in [0.1, 0.15) is 0 Å². The summed E-state index contributed by atoms with van der Waals surface area (Å²) in [5, 5.41) is 2.08. The summed E-state index contributed by atoms with van der Waals surface area (Å²) < 4.78 is 6.48. The zero-order valence-corrected chi connectivity index (χ0v) is 23.2. The van der Waals surface area contributed by atoms with Gasteiger partial charge in [0.1, 0.15) is 11.2 Å². The third-order valence-electron chi connectivity index (χ3n) is 7.76. The van der Waals surface area contributed by atoms with E-state index in [1.807, 2.05) is 78.9 Å². The summed E-state index contributed by atoms with van der Waals surface area (Å²) in [5.74, 6) is 1.90. The molecule has 0 amide bonds. The fourth-order valence-corrected chi connectivity index (χ4v) is 5.58. The quantitative estimate of drug-likeness (QED) is 0.214. The number of furan rings is 1. The number of hydrogen-bond donors (Lipinski definition) is 0. The van der Waals surface area contributed by atoms with Crippen LogP contribution in [-0.4, -0.2) is 15.0 Å². The molecule has 0 spiro atoms. The Morgan fingerprint density at radius 1 is 0.349 bits per heavy atom. The molecule has 4 nitrogen and oxygen atoms in total. The van der Waals surface area contributed by atoms with Gasteiger partial charge in [-0.2, -0.15) is 0 Å². The molecular formula is C39H25N3O. The fraction of sp³-hybridized carbons (Fsp3) is 0. The molecule has 0 unspecified atom stereocenters. The molecule has 0 aliphatic rings. The normalized spacial score (nSPS) is 11.3. The summed E-state index contributed by atoms with van der Waals surface area (Å²) >= 11 is 0. The monoisotopic (exact) mass is 551 g/mol. The van der Waals surface area contributed by atoms with Gasteiger partial charge in [-0.15, -0.1) is 0 Å². The zero-order valence-electron chi connectivity index (χ0n) is 23.2. The number of fused-ring (bicyclic) bond motifs is 3.